The number of nitrogens with two attached hydrogens (primary N) is 1. The molecule has 7 nitrogen and oxygen atoms in total. The van der Waals surface area contributed by atoms with Crippen LogP contribution in [0.25, 0.3) is 0 Å². The fourth-order valence-electron chi connectivity index (χ4n) is 2.24. The standard InChI is InChI=1S/C13H17N3O4/c1-20-11-4-3-9(7-10(11)16(18)19)15-12(17)8-13(14)5-2-6-13/h3-4,7H,2,5-6,8,14H2,1H3,(H,15,17). The average Bonchev–Trinajstić information content (AvgIpc) is 2.36. The molecule has 0 radical (unpaired) electrons. The summed E-state index contributed by atoms with van der Waals surface area (Å²) < 4.78 is 4.90. The van der Waals surface area contributed by atoms with E-state index in [4.69, 9.17) is 10.5 Å². The van der Waals surface area contributed by atoms with Crippen LogP contribution in [0.5, 0.6) is 5.75 Å². The number of amides is 1. The lowest BCUT2D eigenvalue weighted by Crippen LogP contribution is -2.48. The fourth-order valence-corrected chi connectivity index (χ4v) is 2.24. The van der Waals surface area contributed by atoms with Crippen molar-refractivity contribution in [1.29, 1.82) is 0 Å². The molecule has 2 rings (SSSR count). The monoisotopic (exact) mass is 279 g/mol. The Balaban J connectivity index is 2.07. The molecule has 1 aliphatic rings. The second-order valence-corrected chi connectivity index (χ2v) is 5.08. The lowest BCUT2D eigenvalue weighted by molar-refractivity contribution is -0.385. The van der Waals surface area contributed by atoms with Gasteiger partial charge in [0.05, 0.1) is 12.0 Å². The quantitative estimate of drug-likeness (QED) is 0.631. The van der Waals surface area contributed by atoms with Gasteiger partial charge in [0.15, 0.2) is 5.75 Å². The first kappa shape index (κ1) is 14.3. The molecule has 1 fully saturated rings. The van der Waals surface area contributed by atoms with Gasteiger partial charge in [0.2, 0.25) is 5.91 Å². The number of anilines is 1. The zero-order chi connectivity index (χ0) is 14.8. The minimum atomic E-state index is -0.551. The molecule has 20 heavy (non-hydrogen) atoms. The fraction of sp³-hybridized carbons (Fsp3) is 0.462. The maximum atomic E-state index is 11.9. The van der Waals surface area contributed by atoms with Crippen LogP contribution in [0.1, 0.15) is 25.7 Å². The summed E-state index contributed by atoms with van der Waals surface area (Å²) in [6.07, 6.45) is 2.94. The third-order valence-corrected chi connectivity index (χ3v) is 3.52. The van der Waals surface area contributed by atoms with Gasteiger partial charge in [0.25, 0.3) is 0 Å². The van der Waals surface area contributed by atoms with E-state index >= 15 is 0 Å². The summed E-state index contributed by atoms with van der Waals surface area (Å²) in [5, 5.41) is 13.5. The van der Waals surface area contributed by atoms with Gasteiger partial charge in [-0.05, 0) is 31.4 Å². The van der Waals surface area contributed by atoms with Crippen LogP contribution in [0.15, 0.2) is 18.2 Å². The molecule has 1 aliphatic carbocycles. The lowest BCUT2D eigenvalue weighted by atomic mass is 9.75. The summed E-state index contributed by atoms with van der Waals surface area (Å²) in [6.45, 7) is 0. The first-order valence-corrected chi connectivity index (χ1v) is 6.35. The SMILES string of the molecule is COc1ccc(NC(=O)CC2(N)CCC2)cc1[N+](=O)[O-]. The summed E-state index contributed by atoms with van der Waals surface area (Å²) in [5.74, 6) is -0.0750. The zero-order valence-corrected chi connectivity index (χ0v) is 11.2. The summed E-state index contributed by atoms with van der Waals surface area (Å²) in [5.41, 5.74) is 5.76. The maximum Gasteiger partial charge on any atom is 0.312 e. The molecule has 0 bridgehead atoms. The minimum Gasteiger partial charge on any atom is -0.490 e. The molecule has 3 N–H and O–H groups in total. The number of nitro benzene ring substituents is 1. The van der Waals surface area contributed by atoms with Crippen molar-refractivity contribution in [3.63, 3.8) is 0 Å². The molecule has 1 saturated carbocycles. The number of methoxy groups -OCH3 is 1. The normalized spacial score (nSPS) is 16.1. The predicted octanol–water partition coefficient (Wildman–Crippen LogP) is 1.81. The number of carbonyl (C=O) groups excluding carboxylic acids is 1. The van der Waals surface area contributed by atoms with E-state index in [1.54, 1.807) is 6.07 Å². The molecule has 0 heterocycles. The molecule has 7 heteroatoms. The third kappa shape index (κ3) is 3.05. The van der Waals surface area contributed by atoms with E-state index in [1.807, 2.05) is 0 Å². The van der Waals surface area contributed by atoms with E-state index in [1.165, 1.54) is 19.2 Å². The van der Waals surface area contributed by atoms with Crippen LogP contribution in [0.3, 0.4) is 0 Å². The van der Waals surface area contributed by atoms with Crippen LogP contribution >= 0.6 is 0 Å². The Hall–Kier alpha value is -2.15. The topological polar surface area (TPSA) is 107 Å². The molecule has 0 aromatic heterocycles. The van der Waals surface area contributed by atoms with Crippen molar-refractivity contribution in [2.24, 2.45) is 5.73 Å². The van der Waals surface area contributed by atoms with Crippen LogP contribution < -0.4 is 15.8 Å². The van der Waals surface area contributed by atoms with Crippen LogP contribution in [0.4, 0.5) is 11.4 Å². The van der Waals surface area contributed by atoms with Crippen molar-refractivity contribution < 1.29 is 14.5 Å². The predicted molar refractivity (Wildman–Crippen MR) is 73.7 cm³/mol. The van der Waals surface area contributed by atoms with Crippen molar-refractivity contribution in [2.45, 2.75) is 31.2 Å². The molecule has 0 atom stereocenters. The Morgan fingerprint density at radius 2 is 2.25 bits per heavy atom. The largest absolute Gasteiger partial charge is 0.490 e. The lowest BCUT2D eigenvalue weighted by Gasteiger charge is -2.37. The van der Waals surface area contributed by atoms with Gasteiger partial charge in [-0.15, -0.1) is 0 Å². The summed E-state index contributed by atoms with van der Waals surface area (Å²) in [4.78, 5) is 22.2. The number of ether oxygens (including phenoxy) is 1. The van der Waals surface area contributed by atoms with Crippen molar-refractivity contribution in [2.75, 3.05) is 12.4 Å². The van der Waals surface area contributed by atoms with Crippen LogP contribution in [-0.2, 0) is 4.79 Å². The number of benzene rings is 1. The van der Waals surface area contributed by atoms with Crippen molar-refractivity contribution in [1.82, 2.24) is 0 Å². The molecule has 1 aromatic carbocycles. The average molecular weight is 279 g/mol. The Morgan fingerprint density at radius 1 is 1.55 bits per heavy atom. The van der Waals surface area contributed by atoms with Crippen molar-refractivity contribution in [3.05, 3.63) is 28.3 Å². The first-order chi connectivity index (χ1) is 9.43. The Labute approximate surface area is 116 Å². The molecule has 0 unspecified atom stereocenters. The number of nitrogens with one attached hydrogen (secondary N) is 1. The molecule has 0 saturated heterocycles. The number of nitrogens with zero attached hydrogens (tertiary/aromatic N) is 1. The van der Waals surface area contributed by atoms with Gasteiger partial charge >= 0.3 is 5.69 Å². The molecule has 0 aliphatic heterocycles. The van der Waals surface area contributed by atoms with Gasteiger partial charge in [-0.1, -0.05) is 0 Å². The number of rotatable bonds is 5. The molecule has 1 amide bonds. The van der Waals surface area contributed by atoms with Crippen LogP contribution in [-0.4, -0.2) is 23.5 Å². The maximum absolute atomic E-state index is 11.9. The first-order valence-electron chi connectivity index (χ1n) is 6.35. The molecule has 0 spiro atoms. The third-order valence-electron chi connectivity index (χ3n) is 3.52. The number of carbonyl (C=O) groups is 1. The van der Waals surface area contributed by atoms with Gasteiger partial charge in [-0.3, -0.25) is 14.9 Å². The zero-order valence-electron chi connectivity index (χ0n) is 11.2. The Kier molecular flexibility index (Phi) is 3.89. The van der Waals surface area contributed by atoms with Crippen molar-refractivity contribution in [3.8, 4) is 5.75 Å². The minimum absolute atomic E-state index is 0.155. The highest BCUT2D eigenvalue weighted by Gasteiger charge is 2.34. The second kappa shape index (κ2) is 5.46. The molecular formula is C13H17N3O4. The van der Waals surface area contributed by atoms with Gasteiger partial charge in [0, 0.05) is 23.7 Å². The number of hydrogen-bond acceptors (Lipinski definition) is 5. The highest BCUT2D eigenvalue weighted by atomic mass is 16.6. The van der Waals surface area contributed by atoms with Gasteiger partial charge in [-0.25, -0.2) is 0 Å². The highest BCUT2D eigenvalue weighted by molar-refractivity contribution is 5.92. The molecule has 1 aromatic rings. The molecular weight excluding hydrogens is 262 g/mol. The Morgan fingerprint density at radius 3 is 2.75 bits per heavy atom. The van der Waals surface area contributed by atoms with Gasteiger partial charge in [0.1, 0.15) is 0 Å². The number of hydrogen-bond donors (Lipinski definition) is 2. The van der Waals surface area contributed by atoms with Crippen LogP contribution in [0.2, 0.25) is 0 Å². The molecule has 108 valence electrons. The summed E-state index contributed by atoms with van der Waals surface area (Å²) in [6, 6.07) is 4.30. The van der Waals surface area contributed by atoms with E-state index in [0.29, 0.717) is 5.69 Å². The number of nitro groups is 1. The van der Waals surface area contributed by atoms with Crippen LogP contribution in [0, 0.1) is 10.1 Å². The summed E-state index contributed by atoms with van der Waals surface area (Å²) in [7, 11) is 1.36. The van der Waals surface area contributed by atoms with E-state index in [0.717, 1.165) is 19.3 Å². The summed E-state index contributed by atoms with van der Waals surface area (Å²) >= 11 is 0. The second-order valence-electron chi connectivity index (χ2n) is 5.08. The van der Waals surface area contributed by atoms with E-state index < -0.39 is 10.5 Å². The Bertz CT molecular complexity index is 540. The van der Waals surface area contributed by atoms with E-state index in [2.05, 4.69) is 5.32 Å². The van der Waals surface area contributed by atoms with Gasteiger partial charge in [-0.2, -0.15) is 0 Å². The van der Waals surface area contributed by atoms with Crippen molar-refractivity contribution >= 4 is 17.3 Å². The van der Waals surface area contributed by atoms with E-state index in [-0.39, 0.29) is 23.8 Å². The van der Waals surface area contributed by atoms with Gasteiger partial charge < -0.3 is 15.8 Å². The highest BCUT2D eigenvalue weighted by Crippen LogP contribution is 2.33. The van der Waals surface area contributed by atoms with E-state index in [9.17, 15) is 14.9 Å². The smallest absolute Gasteiger partial charge is 0.312 e.